The van der Waals surface area contributed by atoms with Gasteiger partial charge in [-0.25, -0.2) is 0 Å². The van der Waals surface area contributed by atoms with Crippen LogP contribution in [0.25, 0.3) is 0 Å². The lowest BCUT2D eigenvalue weighted by molar-refractivity contribution is -0.130. The number of rotatable bonds is 4. The highest BCUT2D eigenvalue weighted by Crippen LogP contribution is 2.28. The number of alkyl halides is 1. The van der Waals surface area contributed by atoms with E-state index in [1.165, 1.54) is 0 Å². The lowest BCUT2D eigenvalue weighted by Crippen LogP contribution is -2.29. The van der Waals surface area contributed by atoms with Crippen LogP contribution in [0.3, 0.4) is 0 Å². The van der Waals surface area contributed by atoms with Crippen LogP contribution in [0.4, 0.5) is 0 Å². The van der Waals surface area contributed by atoms with Crippen LogP contribution in [0.15, 0.2) is 48.5 Å². The van der Waals surface area contributed by atoms with Gasteiger partial charge < -0.3 is 4.90 Å². The molecule has 0 radical (unpaired) electrons. The van der Waals surface area contributed by atoms with Crippen molar-refractivity contribution in [1.82, 2.24) is 4.90 Å². The van der Waals surface area contributed by atoms with Gasteiger partial charge in [-0.15, -0.1) is 11.6 Å². The van der Waals surface area contributed by atoms with Crippen LogP contribution < -0.4 is 0 Å². The summed E-state index contributed by atoms with van der Waals surface area (Å²) in [7, 11) is 1.69. The Morgan fingerprint density at radius 3 is 2.43 bits per heavy atom. The van der Waals surface area contributed by atoms with E-state index in [2.05, 4.69) is 0 Å². The average molecular weight is 343 g/mol. The van der Waals surface area contributed by atoms with Gasteiger partial charge in [0.05, 0.1) is 10.0 Å². The molecule has 110 valence electrons. The summed E-state index contributed by atoms with van der Waals surface area (Å²) in [4.78, 5) is 13.9. The third-order valence-electron chi connectivity index (χ3n) is 3.12. The zero-order valence-corrected chi connectivity index (χ0v) is 13.7. The molecule has 0 aliphatic rings. The molecular weight excluding hydrogens is 329 g/mol. The van der Waals surface area contributed by atoms with E-state index in [0.717, 1.165) is 11.1 Å². The zero-order valence-electron chi connectivity index (χ0n) is 11.4. The van der Waals surface area contributed by atoms with E-state index in [0.29, 0.717) is 16.6 Å². The summed E-state index contributed by atoms with van der Waals surface area (Å²) in [6, 6.07) is 14.6. The molecule has 5 heteroatoms. The van der Waals surface area contributed by atoms with E-state index in [1.54, 1.807) is 24.1 Å². The molecule has 21 heavy (non-hydrogen) atoms. The SMILES string of the molecule is CN(Cc1cccc(Cl)c1Cl)C(=O)C(Cl)c1ccccc1. The summed E-state index contributed by atoms with van der Waals surface area (Å²) in [5, 5.41) is 0.222. The molecule has 1 unspecified atom stereocenters. The van der Waals surface area contributed by atoms with E-state index in [9.17, 15) is 4.79 Å². The van der Waals surface area contributed by atoms with Crippen LogP contribution in [0.2, 0.25) is 10.0 Å². The predicted molar refractivity (Wildman–Crippen MR) is 88.0 cm³/mol. The monoisotopic (exact) mass is 341 g/mol. The molecule has 0 fully saturated rings. The average Bonchev–Trinajstić information content (AvgIpc) is 2.51. The van der Waals surface area contributed by atoms with Crippen molar-refractivity contribution in [2.75, 3.05) is 7.05 Å². The van der Waals surface area contributed by atoms with Crippen LogP contribution in [0.5, 0.6) is 0 Å². The van der Waals surface area contributed by atoms with Crippen molar-refractivity contribution in [3.63, 3.8) is 0 Å². The van der Waals surface area contributed by atoms with Gasteiger partial charge in [0.2, 0.25) is 5.91 Å². The standard InChI is InChI=1S/C16H14Cl3NO/c1-20(10-12-8-5-9-13(17)14(12)18)16(21)15(19)11-6-3-2-4-7-11/h2-9,15H,10H2,1H3. The van der Waals surface area contributed by atoms with Crippen molar-refractivity contribution in [3.8, 4) is 0 Å². The molecule has 0 bridgehead atoms. The molecule has 0 heterocycles. The number of nitrogens with zero attached hydrogens (tertiary/aromatic N) is 1. The molecule has 2 nitrogen and oxygen atoms in total. The van der Waals surface area contributed by atoms with Gasteiger partial charge in [0.25, 0.3) is 0 Å². The zero-order chi connectivity index (χ0) is 15.4. The Morgan fingerprint density at radius 2 is 1.76 bits per heavy atom. The van der Waals surface area contributed by atoms with Gasteiger partial charge in [-0.2, -0.15) is 0 Å². The van der Waals surface area contributed by atoms with Crippen molar-refractivity contribution in [2.24, 2.45) is 0 Å². The fourth-order valence-corrected chi connectivity index (χ4v) is 2.65. The number of hydrogen-bond donors (Lipinski definition) is 0. The second-order valence-corrected chi connectivity index (χ2v) is 5.90. The molecule has 2 aromatic carbocycles. The van der Waals surface area contributed by atoms with Crippen LogP contribution in [0.1, 0.15) is 16.5 Å². The summed E-state index contributed by atoms with van der Waals surface area (Å²) >= 11 is 18.3. The second-order valence-electron chi connectivity index (χ2n) is 4.68. The number of amides is 1. The molecule has 1 amide bonds. The molecule has 1 atom stereocenters. The Morgan fingerprint density at radius 1 is 1.10 bits per heavy atom. The fourth-order valence-electron chi connectivity index (χ4n) is 1.96. The molecule has 2 rings (SSSR count). The van der Waals surface area contributed by atoms with Crippen LogP contribution in [0, 0.1) is 0 Å². The fraction of sp³-hybridized carbons (Fsp3) is 0.188. The summed E-state index contributed by atoms with van der Waals surface area (Å²) in [5.41, 5.74) is 1.56. The minimum absolute atomic E-state index is 0.182. The Balaban J connectivity index is 2.11. The minimum atomic E-state index is -0.714. The Labute approximate surface area is 139 Å². The Kier molecular flexibility index (Phi) is 5.51. The molecule has 2 aromatic rings. The first-order valence-electron chi connectivity index (χ1n) is 6.37. The number of halogens is 3. The first kappa shape index (κ1) is 16.2. The highest BCUT2D eigenvalue weighted by molar-refractivity contribution is 6.42. The maximum Gasteiger partial charge on any atom is 0.245 e. The molecule has 0 spiro atoms. The van der Waals surface area contributed by atoms with Gasteiger partial charge >= 0.3 is 0 Å². The number of carbonyl (C=O) groups is 1. The Hall–Kier alpha value is -1.22. The quantitative estimate of drug-likeness (QED) is 0.721. The summed E-state index contributed by atoms with van der Waals surface area (Å²) < 4.78 is 0. The van der Waals surface area contributed by atoms with Crippen molar-refractivity contribution in [2.45, 2.75) is 11.9 Å². The molecule has 0 saturated carbocycles. The second kappa shape index (κ2) is 7.17. The summed E-state index contributed by atoms with van der Waals surface area (Å²) in [6.07, 6.45) is 0. The van der Waals surface area contributed by atoms with Gasteiger partial charge in [0, 0.05) is 13.6 Å². The normalized spacial score (nSPS) is 12.0. The van der Waals surface area contributed by atoms with E-state index >= 15 is 0 Å². The van der Waals surface area contributed by atoms with Crippen molar-refractivity contribution in [3.05, 3.63) is 69.7 Å². The Bertz CT molecular complexity index is 631. The lowest BCUT2D eigenvalue weighted by atomic mass is 10.1. The largest absolute Gasteiger partial charge is 0.340 e. The smallest absolute Gasteiger partial charge is 0.245 e. The molecule has 0 saturated heterocycles. The highest BCUT2D eigenvalue weighted by atomic mass is 35.5. The van der Waals surface area contributed by atoms with Crippen LogP contribution in [-0.4, -0.2) is 17.9 Å². The molecule has 0 N–H and O–H groups in total. The molecular formula is C16H14Cl3NO. The lowest BCUT2D eigenvalue weighted by Gasteiger charge is -2.21. The summed E-state index contributed by atoms with van der Waals surface area (Å²) in [6.45, 7) is 0.355. The maximum absolute atomic E-state index is 12.4. The van der Waals surface area contributed by atoms with Gasteiger partial charge in [0.15, 0.2) is 0 Å². The predicted octanol–water partition coefficient (Wildman–Crippen LogP) is 4.93. The van der Waals surface area contributed by atoms with Crippen LogP contribution in [-0.2, 0) is 11.3 Å². The van der Waals surface area contributed by atoms with E-state index < -0.39 is 5.38 Å². The van der Waals surface area contributed by atoms with E-state index in [-0.39, 0.29) is 5.91 Å². The number of likely N-dealkylation sites (N-methyl/N-ethyl adjacent to an activating group) is 1. The van der Waals surface area contributed by atoms with Crippen molar-refractivity contribution >= 4 is 40.7 Å². The van der Waals surface area contributed by atoms with Gasteiger partial charge in [-0.05, 0) is 17.2 Å². The highest BCUT2D eigenvalue weighted by Gasteiger charge is 2.22. The van der Waals surface area contributed by atoms with Gasteiger partial charge in [-0.3, -0.25) is 4.79 Å². The van der Waals surface area contributed by atoms with E-state index in [1.807, 2.05) is 36.4 Å². The molecule has 0 aromatic heterocycles. The van der Waals surface area contributed by atoms with Crippen molar-refractivity contribution in [1.29, 1.82) is 0 Å². The number of hydrogen-bond acceptors (Lipinski definition) is 1. The van der Waals surface area contributed by atoms with Crippen LogP contribution >= 0.6 is 34.8 Å². The topological polar surface area (TPSA) is 20.3 Å². The first-order chi connectivity index (χ1) is 10.0. The number of carbonyl (C=O) groups excluding carboxylic acids is 1. The molecule has 0 aliphatic heterocycles. The summed E-state index contributed by atoms with van der Waals surface area (Å²) in [5.74, 6) is -0.182. The third-order valence-corrected chi connectivity index (χ3v) is 4.42. The van der Waals surface area contributed by atoms with Crippen molar-refractivity contribution < 1.29 is 4.79 Å². The van der Waals surface area contributed by atoms with E-state index in [4.69, 9.17) is 34.8 Å². The molecule has 0 aliphatic carbocycles. The van der Waals surface area contributed by atoms with Gasteiger partial charge in [0.1, 0.15) is 5.38 Å². The maximum atomic E-state index is 12.4. The third kappa shape index (κ3) is 3.91. The van der Waals surface area contributed by atoms with Gasteiger partial charge in [-0.1, -0.05) is 65.7 Å². The minimum Gasteiger partial charge on any atom is -0.340 e. The first-order valence-corrected chi connectivity index (χ1v) is 7.57. The number of benzene rings is 2.